The highest BCUT2D eigenvalue weighted by Gasteiger charge is 2.32. The van der Waals surface area contributed by atoms with Gasteiger partial charge in [-0.1, -0.05) is 6.58 Å². The Morgan fingerprint density at radius 1 is 1.38 bits per heavy atom. The zero-order chi connectivity index (χ0) is 10.5. The van der Waals surface area contributed by atoms with Crippen LogP contribution in [0.1, 0.15) is 6.92 Å². The molecule has 0 aliphatic carbocycles. The number of rotatable bonds is 5. The van der Waals surface area contributed by atoms with E-state index in [1.54, 1.807) is 0 Å². The molecular weight excluding hydrogens is 199 g/mol. The number of carbonyl (C=O) groups is 1. The molecule has 0 spiro atoms. The van der Waals surface area contributed by atoms with Gasteiger partial charge in [-0.25, -0.2) is 4.79 Å². The van der Waals surface area contributed by atoms with E-state index >= 15 is 0 Å². The van der Waals surface area contributed by atoms with E-state index in [4.69, 9.17) is 14.7 Å². The van der Waals surface area contributed by atoms with Crippen molar-refractivity contribution in [1.82, 2.24) is 0 Å². The summed E-state index contributed by atoms with van der Waals surface area (Å²) >= 11 is 0. The van der Waals surface area contributed by atoms with Crippen LogP contribution in [0.4, 0.5) is 0 Å². The second-order valence-corrected chi connectivity index (χ2v) is 3.55. The topological polar surface area (TPSA) is 96.2 Å². The van der Waals surface area contributed by atoms with Crippen molar-refractivity contribution in [3.05, 3.63) is 12.2 Å². The first-order chi connectivity index (χ1) is 5.83. The van der Waals surface area contributed by atoms with Gasteiger partial charge >= 0.3 is 14.1 Å². The van der Waals surface area contributed by atoms with Gasteiger partial charge in [-0.3, -0.25) is 0 Å². The average molecular weight is 211 g/mol. The monoisotopic (exact) mass is 211 g/mol. The minimum Gasteiger partial charge on any atom is -0.460 e. The van der Waals surface area contributed by atoms with E-state index in [9.17, 15) is 4.79 Å². The molecule has 0 heterocycles. The number of ether oxygens (including phenoxy) is 1. The van der Waals surface area contributed by atoms with Gasteiger partial charge in [0.1, 0.15) is 13.2 Å². The van der Waals surface area contributed by atoms with Gasteiger partial charge in [0.25, 0.3) is 0 Å². The van der Waals surface area contributed by atoms with Crippen LogP contribution in [0.2, 0.25) is 0 Å². The van der Waals surface area contributed by atoms with Crippen LogP contribution < -0.4 is 0 Å². The van der Waals surface area contributed by atoms with Crippen LogP contribution in [-0.2, 0) is 14.1 Å². The average Bonchev–Trinajstić information content (AvgIpc) is 1.95. The maximum absolute atomic E-state index is 10.7. The molecule has 3 N–H and O–H groups in total. The molecule has 0 rings (SSSR count). The van der Waals surface area contributed by atoms with E-state index in [0.29, 0.717) is 0 Å². The highest BCUT2D eigenvalue weighted by molar-refractivity contribution is 7.53. The van der Waals surface area contributed by atoms with Crippen LogP contribution >= 0.6 is 8.17 Å². The molecule has 6 nitrogen and oxygen atoms in total. The summed E-state index contributed by atoms with van der Waals surface area (Å²) in [4.78, 5) is 35.7. The van der Waals surface area contributed by atoms with Crippen molar-refractivity contribution in [2.24, 2.45) is 0 Å². The van der Waals surface area contributed by atoms with Gasteiger partial charge in [-0.15, -0.1) is 4.52 Å². The summed E-state index contributed by atoms with van der Waals surface area (Å²) in [6.07, 6.45) is 0. The Morgan fingerprint density at radius 3 is 2.31 bits per heavy atom. The van der Waals surface area contributed by atoms with Gasteiger partial charge in [0.2, 0.25) is 0 Å². The second-order valence-electron chi connectivity index (χ2n) is 2.26. The molecule has 0 saturated carbocycles. The van der Waals surface area contributed by atoms with Crippen LogP contribution in [-0.4, -0.2) is 33.9 Å². The summed E-state index contributed by atoms with van der Waals surface area (Å²) in [5.74, 6) is -0.596. The minimum absolute atomic E-state index is 0.172. The summed E-state index contributed by atoms with van der Waals surface area (Å²) in [7, 11) is -4.21. The van der Waals surface area contributed by atoms with Gasteiger partial charge in [0.15, 0.2) is 0 Å². The SMILES string of the molecule is C=C(C)C(=O)OCCO[P+](O)(O)O. The van der Waals surface area contributed by atoms with Crippen molar-refractivity contribution in [2.45, 2.75) is 6.92 Å². The zero-order valence-corrected chi connectivity index (χ0v) is 8.03. The molecule has 0 aromatic rings. The molecule has 0 aromatic carbocycles. The number of esters is 1. The third kappa shape index (κ3) is 7.83. The van der Waals surface area contributed by atoms with Gasteiger partial charge in [0, 0.05) is 5.57 Å². The van der Waals surface area contributed by atoms with E-state index in [1.807, 2.05) is 0 Å². The normalized spacial score (nSPS) is 11.1. The van der Waals surface area contributed by atoms with Crippen molar-refractivity contribution in [1.29, 1.82) is 0 Å². The lowest BCUT2D eigenvalue weighted by atomic mass is 10.4. The third-order valence-electron chi connectivity index (χ3n) is 0.929. The van der Waals surface area contributed by atoms with E-state index in [1.165, 1.54) is 6.92 Å². The summed E-state index contributed by atoms with van der Waals surface area (Å²) < 4.78 is 8.65. The Kier molecular flexibility index (Phi) is 5.05. The van der Waals surface area contributed by atoms with Crippen LogP contribution in [0.25, 0.3) is 0 Å². The molecule has 7 heteroatoms. The van der Waals surface area contributed by atoms with Gasteiger partial charge in [-0.2, -0.15) is 14.7 Å². The van der Waals surface area contributed by atoms with Crippen LogP contribution in [0, 0.1) is 0 Å². The number of hydrogen-bond donors (Lipinski definition) is 3. The van der Waals surface area contributed by atoms with E-state index in [0.717, 1.165) is 0 Å². The Balaban J connectivity index is 3.47. The fraction of sp³-hybridized carbons (Fsp3) is 0.500. The molecule has 0 saturated heterocycles. The summed E-state index contributed by atoms with van der Waals surface area (Å²) in [5.41, 5.74) is 0.234. The van der Waals surface area contributed by atoms with Crippen LogP contribution in [0.5, 0.6) is 0 Å². The molecule has 0 atom stereocenters. The van der Waals surface area contributed by atoms with Crippen molar-refractivity contribution in [2.75, 3.05) is 13.2 Å². The van der Waals surface area contributed by atoms with E-state index in [2.05, 4.69) is 15.8 Å². The molecule has 0 aliphatic rings. The molecule has 76 valence electrons. The van der Waals surface area contributed by atoms with Crippen molar-refractivity contribution in [3.63, 3.8) is 0 Å². The molecule has 13 heavy (non-hydrogen) atoms. The summed E-state index contributed by atoms with van der Waals surface area (Å²) in [6.45, 7) is 4.35. The molecule has 0 bridgehead atoms. The summed E-state index contributed by atoms with van der Waals surface area (Å²) in [5, 5.41) is 0. The van der Waals surface area contributed by atoms with Gasteiger partial charge < -0.3 is 4.74 Å². The first-order valence-corrected chi connectivity index (χ1v) is 4.94. The molecular formula is C6H12O6P+. The molecule has 0 aromatic heterocycles. The van der Waals surface area contributed by atoms with E-state index in [-0.39, 0.29) is 18.8 Å². The molecule has 0 radical (unpaired) electrons. The van der Waals surface area contributed by atoms with Crippen molar-refractivity contribution >= 4 is 14.1 Å². The maximum Gasteiger partial charge on any atom is 0.567 e. The minimum atomic E-state index is -4.21. The lowest BCUT2D eigenvalue weighted by molar-refractivity contribution is -0.139. The predicted octanol–water partition coefficient (Wildman–Crippen LogP) is -0.223. The first-order valence-electron chi connectivity index (χ1n) is 3.37. The lowest BCUT2D eigenvalue weighted by Crippen LogP contribution is -2.11. The third-order valence-corrected chi connectivity index (χ3v) is 1.46. The van der Waals surface area contributed by atoms with Crippen molar-refractivity contribution < 1.29 is 28.7 Å². The zero-order valence-electron chi connectivity index (χ0n) is 7.13. The predicted molar refractivity (Wildman–Crippen MR) is 45.3 cm³/mol. The largest absolute Gasteiger partial charge is 0.567 e. The van der Waals surface area contributed by atoms with Crippen molar-refractivity contribution in [3.8, 4) is 0 Å². The highest BCUT2D eigenvalue weighted by Crippen LogP contribution is 2.45. The molecule has 0 amide bonds. The Hall–Kier alpha value is -0.520. The Labute approximate surface area is 76.1 Å². The highest BCUT2D eigenvalue weighted by atomic mass is 31.2. The van der Waals surface area contributed by atoms with Gasteiger partial charge in [-0.05, 0) is 6.92 Å². The lowest BCUT2D eigenvalue weighted by Gasteiger charge is -2.04. The first kappa shape index (κ1) is 12.5. The maximum atomic E-state index is 10.7. The quantitative estimate of drug-likeness (QED) is 0.252. The van der Waals surface area contributed by atoms with Crippen LogP contribution in [0.15, 0.2) is 12.2 Å². The van der Waals surface area contributed by atoms with E-state index < -0.39 is 14.1 Å². The number of carbonyl (C=O) groups excluding carboxylic acids is 1. The number of hydrogen-bond acceptors (Lipinski definition) is 6. The molecule has 0 unspecified atom stereocenters. The smallest absolute Gasteiger partial charge is 0.460 e. The molecule has 0 aliphatic heterocycles. The summed E-state index contributed by atoms with van der Waals surface area (Å²) in [6, 6.07) is 0. The van der Waals surface area contributed by atoms with Crippen LogP contribution in [0.3, 0.4) is 0 Å². The molecule has 0 fully saturated rings. The Morgan fingerprint density at radius 2 is 1.92 bits per heavy atom. The fourth-order valence-electron chi connectivity index (χ4n) is 0.417. The Bertz CT molecular complexity index is 196. The second kappa shape index (κ2) is 5.26. The fourth-order valence-corrected chi connectivity index (χ4v) is 0.737. The standard InChI is InChI=1S/C6H12O6P/c1-5(2)6(7)11-3-4-12-13(8,9)10/h8-10H,1,3-4H2,2H3/q+1. The van der Waals surface area contributed by atoms with Gasteiger partial charge in [0.05, 0.1) is 0 Å².